The Bertz CT molecular complexity index is 632. The van der Waals surface area contributed by atoms with Crippen LogP contribution < -0.4 is 5.32 Å². The molecule has 6 heteroatoms. The van der Waals surface area contributed by atoms with Crippen LogP contribution in [-0.2, 0) is 9.84 Å². The zero-order valence-electron chi connectivity index (χ0n) is 11.1. The van der Waals surface area contributed by atoms with E-state index in [2.05, 4.69) is 16.4 Å². The smallest absolute Gasteiger partial charge is 0.154 e. The third-order valence-corrected chi connectivity index (χ3v) is 5.70. The van der Waals surface area contributed by atoms with E-state index in [1.807, 2.05) is 6.92 Å². The van der Waals surface area contributed by atoms with E-state index in [4.69, 9.17) is 5.26 Å². The largest absolute Gasteiger partial charge is 0.383 e. The maximum atomic E-state index is 11.8. The number of nitrogens with zero attached hydrogens (tertiary/aromatic N) is 2. The first-order chi connectivity index (χ1) is 8.94. The molecular formula is C13H17N3O2S. The van der Waals surface area contributed by atoms with Crippen LogP contribution in [0, 0.1) is 25.2 Å². The van der Waals surface area contributed by atoms with E-state index in [0.717, 1.165) is 12.1 Å². The highest BCUT2D eigenvalue weighted by molar-refractivity contribution is 7.92. The summed E-state index contributed by atoms with van der Waals surface area (Å²) in [5.74, 6) is 0.277. The van der Waals surface area contributed by atoms with Gasteiger partial charge in [-0.2, -0.15) is 5.26 Å². The first kappa shape index (κ1) is 13.8. The second-order valence-electron chi connectivity index (χ2n) is 4.90. The van der Waals surface area contributed by atoms with Gasteiger partial charge in [0.05, 0.1) is 27.9 Å². The number of sulfone groups is 1. The fraction of sp³-hybridized carbons (Fsp3) is 0.538. The number of nitriles is 1. The molecule has 1 fully saturated rings. The zero-order valence-corrected chi connectivity index (χ0v) is 11.9. The summed E-state index contributed by atoms with van der Waals surface area (Å²) in [5.41, 5.74) is 2.64. The summed E-state index contributed by atoms with van der Waals surface area (Å²) in [6.07, 6.45) is 1.43. The molecule has 1 aliphatic rings. The van der Waals surface area contributed by atoms with Gasteiger partial charge in [-0.3, -0.25) is 4.98 Å². The van der Waals surface area contributed by atoms with Gasteiger partial charge in [-0.05, 0) is 32.8 Å². The van der Waals surface area contributed by atoms with Crippen LogP contribution in [0.25, 0.3) is 0 Å². The average Bonchev–Trinajstić information content (AvgIpc) is 2.65. The highest BCUT2D eigenvalue weighted by Crippen LogP contribution is 2.23. The third kappa shape index (κ3) is 2.87. The quantitative estimate of drug-likeness (QED) is 0.907. The van der Waals surface area contributed by atoms with Gasteiger partial charge in [0.25, 0.3) is 0 Å². The SMILES string of the molecule is Cc1cc(NCC2CCCS2(=O)=O)c(C#N)c(C)n1. The van der Waals surface area contributed by atoms with E-state index in [1.165, 1.54) is 0 Å². The summed E-state index contributed by atoms with van der Waals surface area (Å²) in [5, 5.41) is 11.9. The Morgan fingerprint density at radius 3 is 2.84 bits per heavy atom. The van der Waals surface area contributed by atoms with E-state index in [0.29, 0.717) is 29.9 Å². The van der Waals surface area contributed by atoms with Gasteiger partial charge in [0.1, 0.15) is 6.07 Å². The van der Waals surface area contributed by atoms with Gasteiger partial charge < -0.3 is 5.32 Å². The Balaban J connectivity index is 2.19. The van der Waals surface area contributed by atoms with Crippen LogP contribution in [0.5, 0.6) is 0 Å². The normalized spacial score (nSPS) is 21.0. The first-order valence-corrected chi connectivity index (χ1v) is 7.99. The molecule has 0 saturated carbocycles. The molecule has 2 heterocycles. The van der Waals surface area contributed by atoms with Gasteiger partial charge in [-0.25, -0.2) is 8.42 Å². The Morgan fingerprint density at radius 2 is 2.26 bits per heavy atom. The van der Waals surface area contributed by atoms with E-state index in [9.17, 15) is 8.42 Å². The molecule has 1 aromatic heterocycles. The van der Waals surface area contributed by atoms with Crippen molar-refractivity contribution in [1.29, 1.82) is 5.26 Å². The Morgan fingerprint density at radius 1 is 1.53 bits per heavy atom. The minimum atomic E-state index is -2.96. The van der Waals surface area contributed by atoms with Crippen molar-refractivity contribution in [2.75, 3.05) is 17.6 Å². The van der Waals surface area contributed by atoms with E-state index < -0.39 is 9.84 Å². The predicted octanol–water partition coefficient (Wildman–Crippen LogP) is 1.56. The van der Waals surface area contributed by atoms with Crippen LogP contribution >= 0.6 is 0 Å². The molecule has 0 aliphatic carbocycles. The van der Waals surface area contributed by atoms with Crippen LogP contribution in [0.15, 0.2) is 6.07 Å². The molecule has 1 unspecified atom stereocenters. The monoisotopic (exact) mass is 279 g/mol. The molecule has 0 spiro atoms. The van der Waals surface area contributed by atoms with E-state index in [-0.39, 0.29) is 11.0 Å². The third-order valence-electron chi connectivity index (χ3n) is 3.42. The molecule has 2 rings (SSSR count). The molecule has 1 aliphatic heterocycles. The molecule has 1 aromatic rings. The van der Waals surface area contributed by atoms with Crippen molar-refractivity contribution in [2.45, 2.75) is 31.9 Å². The lowest BCUT2D eigenvalue weighted by molar-refractivity contribution is 0.591. The lowest BCUT2D eigenvalue weighted by Gasteiger charge is -2.14. The topological polar surface area (TPSA) is 82.9 Å². The van der Waals surface area contributed by atoms with E-state index in [1.54, 1.807) is 13.0 Å². The maximum Gasteiger partial charge on any atom is 0.154 e. The summed E-state index contributed by atoms with van der Waals surface area (Å²) in [6.45, 7) is 3.99. The number of pyridine rings is 1. The molecule has 0 bridgehead atoms. The second-order valence-corrected chi connectivity index (χ2v) is 7.30. The second kappa shape index (κ2) is 5.17. The number of rotatable bonds is 3. The summed E-state index contributed by atoms with van der Waals surface area (Å²) in [6, 6.07) is 3.90. The predicted molar refractivity (Wildman–Crippen MR) is 73.7 cm³/mol. The lowest BCUT2D eigenvalue weighted by atomic mass is 10.1. The Kier molecular flexibility index (Phi) is 3.76. The van der Waals surface area contributed by atoms with Crippen molar-refractivity contribution < 1.29 is 8.42 Å². The van der Waals surface area contributed by atoms with Gasteiger partial charge in [0, 0.05) is 12.2 Å². The van der Waals surface area contributed by atoms with Crippen LogP contribution in [0.4, 0.5) is 5.69 Å². The van der Waals surface area contributed by atoms with Crippen molar-refractivity contribution in [3.8, 4) is 6.07 Å². The van der Waals surface area contributed by atoms with Gasteiger partial charge >= 0.3 is 0 Å². The fourth-order valence-corrected chi connectivity index (χ4v) is 4.19. The number of aromatic nitrogens is 1. The number of anilines is 1. The Hall–Kier alpha value is -1.61. The molecule has 0 aromatic carbocycles. The average molecular weight is 279 g/mol. The minimum Gasteiger partial charge on any atom is -0.383 e. The molecule has 1 atom stereocenters. The molecule has 0 amide bonds. The standard InChI is InChI=1S/C13H17N3O2S/c1-9-6-13(12(7-14)10(2)16-9)15-8-11-4-3-5-19(11,17)18/h6,11H,3-5,8H2,1-2H3,(H,15,16). The van der Waals surface area contributed by atoms with Crippen LogP contribution in [0.3, 0.4) is 0 Å². The highest BCUT2D eigenvalue weighted by atomic mass is 32.2. The number of aryl methyl sites for hydroxylation is 2. The lowest BCUT2D eigenvalue weighted by Crippen LogP contribution is -2.25. The fourth-order valence-electron chi connectivity index (χ4n) is 2.42. The molecular weight excluding hydrogens is 262 g/mol. The summed E-state index contributed by atoms with van der Waals surface area (Å²) < 4.78 is 23.5. The molecule has 19 heavy (non-hydrogen) atoms. The molecule has 1 N–H and O–H groups in total. The summed E-state index contributed by atoms with van der Waals surface area (Å²) >= 11 is 0. The molecule has 0 radical (unpaired) electrons. The molecule has 102 valence electrons. The van der Waals surface area contributed by atoms with Crippen molar-refractivity contribution in [3.63, 3.8) is 0 Å². The number of nitrogens with one attached hydrogen (secondary N) is 1. The number of hydrogen-bond donors (Lipinski definition) is 1. The van der Waals surface area contributed by atoms with Crippen LogP contribution in [0.1, 0.15) is 29.8 Å². The van der Waals surface area contributed by atoms with Crippen LogP contribution in [0.2, 0.25) is 0 Å². The molecule has 5 nitrogen and oxygen atoms in total. The summed E-state index contributed by atoms with van der Waals surface area (Å²) in [7, 11) is -2.96. The highest BCUT2D eigenvalue weighted by Gasteiger charge is 2.31. The zero-order chi connectivity index (χ0) is 14.0. The van der Waals surface area contributed by atoms with Gasteiger partial charge in [-0.15, -0.1) is 0 Å². The van der Waals surface area contributed by atoms with Crippen LogP contribution in [-0.4, -0.2) is 30.9 Å². The van der Waals surface area contributed by atoms with Gasteiger partial charge in [0.2, 0.25) is 0 Å². The van der Waals surface area contributed by atoms with Crippen molar-refractivity contribution in [1.82, 2.24) is 4.98 Å². The van der Waals surface area contributed by atoms with E-state index >= 15 is 0 Å². The maximum absolute atomic E-state index is 11.8. The summed E-state index contributed by atoms with van der Waals surface area (Å²) in [4.78, 5) is 4.23. The first-order valence-electron chi connectivity index (χ1n) is 6.28. The number of hydrogen-bond acceptors (Lipinski definition) is 5. The Labute approximate surface area is 113 Å². The van der Waals surface area contributed by atoms with Crippen molar-refractivity contribution >= 4 is 15.5 Å². The van der Waals surface area contributed by atoms with Crippen molar-refractivity contribution in [3.05, 3.63) is 23.0 Å². The van der Waals surface area contributed by atoms with Gasteiger partial charge in [-0.1, -0.05) is 0 Å². The van der Waals surface area contributed by atoms with Crippen molar-refractivity contribution in [2.24, 2.45) is 0 Å². The van der Waals surface area contributed by atoms with Gasteiger partial charge in [0.15, 0.2) is 9.84 Å². The molecule has 1 saturated heterocycles. The minimum absolute atomic E-state index is 0.277.